The van der Waals surface area contributed by atoms with Crippen molar-refractivity contribution in [2.75, 3.05) is 0 Å². The third kappa shape index (κ3) is 2.92. The second-order valence-corrected chi connectivity index (χ2v) is 13.5. The summed E-state index contributed by atoms with van der Waals surface area (Å²) in [4.78, 5) is 0. The zero-order valence-corrected chi connectivity index (χ0v) is 19.3. The van der Waals surface area contributed by atoms with E-state index in [9.17, 15) is 0 Å². The van der Waals surface area contributed by atoms with Crippen molar-refractivity contribution in [3.05, 3.63) is 91.0 Å². The monoisotopic (exact) mass is 412 g/mol. The smallest absolute Gasteiger partial charge is 0.288 e. The van der Waals surface area contributed by atoms with Gasteiger partial charge in [0.1, 0.15) is 0 Å². The van der Waals surface area contributed by atoms with Gasteiger partial charge in [0.05, 0.1) is 6.10 Å². The molecule has 0 unspecified atom stereocenters. The summed E-state index contributed by atoms with van der Waals surface area (Å²) in [6.07, 6.45) is 4.19. The summed E-state index contributed by atoms with van der Waals surface area (Å²) in [5.74, 6) is 0.765. The molecule has 2 aliphatic carbocycles. The van der Waals surface area contributed by atoms with Gasteiger partial charge >= 0.3 is 0 Å². The highest BCUT2D eigenvalue weighted by molar-refractivity contribution is 7.07. The molecule has 2 fully saturated rings. The zero-order valence-electron chi connectivity index (χ0n) is 18.3. The molecule has 2 aliphatic rings. The molecule has 2 bridgehead atoms. The highest BCUT2D eigenvalue weighted by atomic mass is 28.4. The van der Waals surface area contributed by atoms with Gasteiger partial charge in [0.2, 0.25) is 0 Å². The standard InChI is InChI=1S/C28H32OSi/c1-27(2)22-19-20-28(3,21-22)26(27)29-30(23-13-7-4-8-14-23,24-15-9-5-10-16-24)25-17-11-6-12-18-25/h4-18,22,26H,19-21H2,1-3H3/t22-,26-,28+/m0/s1. The van der Waals surface area contributed by atoms with E-state index in [0.29, 0.717) is 0 Å². The molecule has 0 aromatic heterocycles. The SMILES string of the molecule is CC1(C)[C@H]2CC[C@](C)(C2)[C@H]1O[Si](c1ccccc1)(c1ccccc1)c1ccccc1. The number of rotatable bonds is 5. The first-order chi connectivity index (χ1) is 14.5. The van der Waals surface area contributed by atoms with Gasteiger partial charge in [-0.2, -0.15) is 0 Å². The van der Waals surface area contributed by atoms with Crippen LogP contribution in [0.5, 0.6) is 0 Å². The van der Waals surface area contributed by atoms with Crippen molar-refractivity contribution in [1.82, 2.24) is 0 Å². The lowest BCUT2D eigenvalue weighted by molar-refractivity contribution is -0.0167. The molecule has 0 N–H and O–H groups in total. The second-order valence-electron chi connectivity index (χ2n) is 10.2. The molecule has 0 saturated heterocycles. The normalized spacial score (nSPS) is 27.3. The van der Waals surface area contributed by atoms with Crippen LogP contribution in [0.4, 0.5) is 0 Å². The van der Waals surface area contributed by atoms with E-state index in [1.165, 1.54) is 34.8 Å². The molecule has 1 nitrogen and oxygen atoms in total. The highest BCUT2D eigenvalue weighted by Crippen LogP contribution is 2.63. The van der Waals surface area contributed by atoms with Crippen LogP contribution >= 0.6 is 0 Å². The Balaban J connectivity index is 1.75. The molecule has 0 spiro atoms. The summed E-state index contributed by atoms with van der Waals surface area (Å²) in [5, 5.41) is 4.01. The van der Waals surface area contributed by atoms with Crippen molar-refractivity contribution in [3.8, 4) is 0 Å². The maximum atomic E-state index is 7.65. The van der Waals surface area contributed by atoms with Gasteiger partial charge in [-0.25, -0.2) is 0 Å². The average Bonchev–Trinajstić information content (AvgIpc) is 3.27. The molecule has 2 heteroatoms. The maximum absolute atomic E-state index is 7.65. The minimum atomic E-state index is -2.66. The van der Waals surface area contributed by atoms with Gasteiger partial charge in [0, 0.05) is 0 Å². The van der Waals surface area contributed by atoms with Crippen molar-refractivity contribution in [2.45, 2.75) is 46.1 Å². The van der Waals surface area contributed by atoms with Gasteiger partial charge in [0.25, 0.3) is 8.32 Å². The van der Waals surface area contributed by atoms with E-state index in [2.05, 4.69) is 112 Å². The summed E-state index contributed by atoms with van der Waals surface area (Å²) in [6.45, 7) is 7.38. The van der Waals surface area contributed by atoms with E-state index >= 15 is 0 Å². The Morgan fingerprint density at radius 1 is 0.700 bits per heavy atom. The number of hydrogen-bond acceptors (Lipinski definition) is 1. The molecule has 2 saturated carbocycles. The van der Waals surface area contributed by atoms with Crippen LogP contribution in [0.2, 0.25) is 0 Å². The first-order valence-corrected chi connectivity index (χ1v) is 13.2. The van der Waals surface area contributed by atoms with E-state index in [-0.39, 0.29) is 16.9 Å². The molecule has 0 heterocycles. The van der Waals surface area contributed by atoms with Gasteiger partial charge in [-0.3, -0.25) is 0 Å². The van der Waals surface area contributed by atoms with Crippen molar-refractivity contribution >= 4 is 23.9 Å². The summed E-state index contributed by atoms with van der Waals surface area (Å²) >= 11 is 0. The topological polar surface area (TPSA) is 9.23 Å². The fraction of sp³-hybridized carbons (Fsp3) is 0.357. The third-order valence-electron chi connectivity index (χ3n) is 7.97. The summed E-state index contributed by atoms with van der Waals surface area (Å²) in [7, 11) is -2.66. The molecule has 3 atom stereocenters. The van der Waals surface area contributed by atoms with Crippen LogP contribution in [0, 0.1) is 16.7 Å². The van der Waals surface area contributed by atoms with Gasteiger partial charge in [0.15, 0.2) is 0 Å². The number of hydrogen-bond donors (Lipinski definition) is 0. The average molecular weight is 413 g/mol. The van der Waals surface area contributed by atoms with E-state index in [1.54, 1.807) is 0 Å². The quantitative estimate of drug-likeness (QED) is 0.428. The molecule has 30 heavy (non-hydrogen) atoms. The Morgan fingerprint density at radius 3 is 1.50 bits per heavy atom. The van der Waals surface area contributed by atoms with Crippen molar-refractivity contribution in [3.63, 3.8) is 0 Å². The molecule has 3 aromatic rings. The van der Waals surface area contributed by atoms with Gasteiger partial charge < -0.3 is 4.43 Å². The Kier molecular flexibility index (Phi) is 4.76. The summed E-state index contributed by atoms with van der Waals surface area (Å²) in [5.41, 5.74) is 0.467. The summed E-state index contributed by atoms with van der Waals surface area (Å²) < 4.78 is 7.65. The Morgan fingerprint density at radius 2 is 1.13 bits per heavy atom. The Labute approximate surface area is 182 Å². The molecular weight excluding hydrogens is 380 g/mol. The highest BCUT2D eigenvalue weighted by Gasteiger charge is 2.62. The van der Waals surface area contributed by atoms with Crippen LogP contribution < -0.4 is 15.6 Å². The van der Waals surface area contributed by atoms with Gasteiger partial charge in [-0.1, -0.05) is 112 Å². The van der Waals surface area contributed by atoms with Crippen LogP contribution in [0.3, 0.4) is 0 Å². The molecule has 0 amide bonds. The predicted octanol–water partition coefficient (Wildman–Crippen LogP) is 4.88. The zero-order chi connectivity index (χ0) is 20.8. The van der Waals surface area contributed by atoms with Crippen LogP contribution in [-0.2, 0) is 4.43 Å². The molecule has 0 radical (unpaired) electrons. The van der Waals surface area contributed by atoms with Gasteiger partial charge in [-0.05, 0) is 51.6 Å². The first-order valence-electron chi connectivity index (χ1n) is 11.3. The van der Waals surface area contributed by atoms with Crippen LogP contribution in [-0.4, -0.2) is 14.4 Å². The largest absolute Gasteiger partial charge is 0.400 e. The number of benzene rings is 3. The van der Waals surface area contributed by atoms with E-state index in [0.717, 1.165) is 5.92 Å². The van der Waals surface area contributed by atoms with Crippen LogP contribution in [0.1, 0.15) is 40.0 Å². The lowest BCUT2D eigenvalue weighted by Crippen LogP contribution is -2.72. The molecule has 154 valence electrons. The molecule has 3 aromatic carbocycles. The molecule has 5 rings (SSSR count). The van der Waals surface area contributed by atoms with E-state index in [4.69, 9.17) is 4.43 Å². The fourth-order valence-corrected chi connectivity index (χ4v) is 10.8. The minimum Gasteiger partial charge on any atom is -0.400 e. The Bertz CT molecular complexity index is 897. The predicted molar refractivity (Wildman–Crippen MR) is 128 cm³/mol. The van der Waals surface area contributed by atoms with Crippen molar-refractivity contribution < 1.29 is 4.43 Å². The third-order valence-corrected chi connectivity index (χ3v) is 12.0. The second kappa shape index (κ2) is 7.21. The Hall–Kier alpha value is -2.16. The summed E-state index contributed by atoms with van der Waals surface area (Å²) in [6, 6.07) is 33.1. The van der Waals surface area contributed by atoms with Crippen LogP contribution in [0.15, 0.2) is 91.0 Å². The van der Waals surface area contributed by atoms with E-state index in [1.807, 2.05) is 0 Å². The maximum Gasteiger partial charge on any atom is 0.288 e. The lowest BCUT2D eigenvalue weighted by Gasteiger charge is -2.48. The first kappa shape index (κ1) is 19.8. The fourth-order valence-electron chi connectivity index (χ4n) is 6.45. The molecule has 0 aliphatic heterocycles. The van der Waals surface area contributed by atoms with E-state index < -0.39 is 8.32 Å². The minimum absolute atomic E-state index is 0.198. The number of fused-ring (bicyclic) bond motifs is 2. The van der Waals surface area contributed by atoms with Gasteiger partial charge in [-0.15, -0.1) is 0 Å². The van der Waals surface area contributed by atoms with Crippen molar-refractivity contribution in [2.24, 2.45) is 16.7 Å². The van der Waals surface area contributed by atoms with Crippen LogP contribution in [0.25, 0.3) is 0 Å². The lowest BCUT2D eigenvalue weighted by atomic mass is 9.70. The van der Waals surface area contributed by atoms with Crippen molar-refractivity contribution in [1.29, 1.82) is 0 Å². The molecular formula is C28H32OSi.